The summed E-state index contributed by atoms with van der Waals surface area (Å²) >= 11 is 0. The Labute approximate surface area is 204 Å². The van der Waals surface area contributed by atoms with E-state index >= 15 is 0 Å². The lowest BCUT2D eigenvalue weighted by atomic mass is 9.89. The molecule has 0 unspecified atom stereocenters. The van der Waals surface area contributed by atoms with Gasteiger partial charge in [-0.05, 0) is 56.2 Å². The van der Waals surface area contributed by atoms with Crippen LogP contribution in [0, 0.1) is 17.8 Å². The van der Waals surface area contributed by atoms with Crippen molar-refractivity contribution in [3.63, 3.8) is 0 Å². The number of anilines is 1. The van der Waals surface area contributed by atoms with Crippen molar-refractivity contribution in [1.29, 1.82) is 0 Å². The number of hydrogen-bond donors (Lipinski definition) is 3. The minimum atomic E-state index is -0.386. The molecule has 0 radical (unpaired) electrons. The van der Waals surface area contributed by atoms with Crippen LogP contribution in [0.5, 0.6) is 6.01 Å². The first kappa shape index (κ1) is 23.1. The number of aliphatic hydroxyl groups is 1. The molecule has 0 spiro atoms. The normalized spacial score (nSPS) is 18.1. The molecular formula is C26H30N6O3. The summed E-state index contributed by atoms with van der Waals surface area (Å²) in [6, 6.07) is 5.53. The summed E-state index contributed by atoms with van der Waals surface area (Å²) in [4.78, 5) is 31.6. The van der Waals surface area contributed by atoms with Gasteiger partial charge in [-0.15, -0.1) is 6.42 Å². The molecule has 0 aromatic carbocycles. The Kier molecular flexibility index (Phi) is 6.31. The van der Waals surface area contributed by atoms with Gasteiger partial charge in [-0.1, -0.05) is 5.92 Å². The second kappa shape index (κ2) is 9.55. The second-order valence-corrected chi connectivity index (χ2v) is 9.57. The van der Waals surface area contributed by atoms with Gasteiger partial charge in [0, 0.05) is 43.0 Å². The number of rotatable bonds is 8. The number of H-pyrrole nitrogens is 1. The number of amides is 1. The number of hydrogen-bond acceptors (Lipinski definition) is 7. The zero-order valence-electron chi connectivity index (χ0n) is 19.8. The van der Waals surface area contributed by atoms with Gasteiger partial charge in [0.05, 0.1) is 12.0 Å². The first-order valence-electron chi connectivity index (χ1n) is 12.1. The van der Waals surface area contributed by atoms with Gasteiger partial charge in [-0.3, -0.25) is 4.79 Å². The monoisotopic (exact) mass is 474 g/mol. The molecule has 1 amide bonds. The van der Waals surface area contributed by atoms with Gasteiger partial charge in [-0.25, -0.2) is 4.98 Å². The summed E-state index contributed by atoms with van der Waals surface area (Å²) in [6.07, 6.45) is 13.2. The van der Waals surface area contributed by atoms with Crippen LogP contribution in [0.3, 0.4) is 0 Å². The minimum Gasteiger partial charge on any atom is -0.462 e. The van der Waals surface area contributed by atoms with Crippen molar-refractivity contribution in [2.75, 3.05) is 31.2 Å². The smallest absolute Gasteiger partial charge is 0.319 e. The highest BCUT2D eigenvalue weighted by atomic mass is 16.5. The first-order valence-corrected chi connectivity index (χ1v) is 12.1. The highest BCUT2D eigenvalue weighted by Gasteiger charge is 2.42. The number of carbonyl (C=O) groups excluding carboxylic acids is 1. The lowest BCUT2D eigenvalue weighted by Gasteiger charge is -2.33. The average Bonchev–Trinajstić information content (AvgIpc) is 3.56. The molecule has 1 atom stereocenters. The maximum absolute atomic E-state index is 12.8. The molecule has 182 valence electrons. The Balaban J connectivity index is 1.34. The number of piperidine rings is 1. The molecule has 1 aliphatic carbocycles. The van der Waals surface area contributed by atoms with E-state index in [9.17, 15) is 9.90 Å². The van der Waals surface area contributed by atoms with Crippen LogP contribution in [0.15, 0.2) is 30.6 Å². The summed E-state index contributed by atoms with van der Waals surface area (Å²) in [7, 11) is 0. The fourth-order valence-corrected chi connectivity index (χ4v) is 4.52. The molecule has 1 saturated heterocycles. The standard InChI is InChI=1S/C26H30N6O3/c1-3-26(8-9-26)16-35-25-30-21(24(34)29-17(2)15-33)13-22(31-25)32-11-6-18(7-12-32)20-14-28-23-19(20)5-4-10-27-23/h1,4-5,10,13-14,17-18,33H,6-9,11-12,15-16H2,2H3,(H,27,28)(H,29,34)/t17-/m1/s1. The zero-order valence-corrected chi connectivity index (χ0v) is 19.8. The van der Waals surface area contributed by atoms with Crippen molar-refractivity contribution in [2.45, 2.75) is 44.6 Å². The molecule has 9 nitrogen and oxygen atoms in total. The van der Waals surface area contributed by atoms with Crippen LogP contribution in [0.1, 0.15) is 54.6 Å². The van der Waals surface area contributed by atoms with Gasteiger partial charge >= 0.3 is 6.01 Å². The number of aliphatic hydroxyl groups excluding tert-OH is 1. The maximum Gasteiger partial charge on any atom is 0.319 e. The van der Waals surface area contributed by atoms with Gasteiger partial charge in [0.2, 0.25) is 0 Å². The summed E-state index contributed by atoms with van der Waals surface area (Å²) in [6.45, 7) is 3.48. The van der Waals surface area contributed by atoms with Crippen LogP contribution in [0.2, 0.25) is 0 Å². The van der Waals surface area contributed by atoms with E-state index in [0.717, 1.165) is 44.4 Å². The summed E-state index contributed by atoms with van der Waals surface area (Å²) < 4.78 is 5.87. The molecule has 1 aliphatic heterocycles. The van der Waals surface area contributed by atoms with Gasteiger partial charge < -0.3 is 25.0 Å². The largest absolute Gasteiger partial charge is 0.462 e. The third-order valence-electron chi connectivity index (χ3n) is 6.96. The number of carbonyl (C=O) groups is 1. The molecule has 3 N–H and O–H groups in total. The topological polar surface area (TPSA) is 116 Å². The number of aromatic nitrogens is 4. The number of fused-ring (bicyclic) bond motifs is 1. The lowest BCUT2D eigenvalue weighted by Crippen LogP contribution is -2.36. The van der Waals surface area contributed by atoms with Crippen LogP contribution in [-0.4, -0.2) is 63.3 Å². The van der Waals surface area contributed by atoms with Crippen molar-refractivity contribution in [2.24, 2.45) is 5.41 Å². The van der Waals surface area contributed by atoms with Crippen LogP contribution in [0.4, 0.5) is 5.82 Å². The van der Waals surface area contributed by atoms with E-state index in [4.69, 9.17) is 11.2 Å². The van der Waals surface area contributed by atoms with Crippen molar-refractivity contribution < 1.29 is 14.6 Å². The number of pyridine rings is 1. The Morgan fingerprint density at radius 1 is 1.40 bits per heavy atom. The summed E-state index contributed by atoms with van der Waals surface area (Å²) in [5, 5.41) is 13.2. The third-order valence-corrected chi connectivity index (χ3v) is 6.96. The molecule has 35 heavy (non-hydrogen) atoms. The van der Waals surface area contributed by atoms with Crippen molar-refractivity contribution in [1.82, 2.24) is 25.3 Å². The molecule has 0 bridgehead atoms. The predicted molar refractivity (Wildman–Crippen MR) is 132 cm³/mol. The molecule has 1 saturated carbocycles. The summed E-state index contributed by atoms with van der Waals surface area (Å²) in [5.74, 6) is 3.49. The molecule has 3 aromatic rings. The van der Waals surface area contributed by atoms with Crippen molar-refractivity contribution in [3.8, 4) is 18.4 Å². The van der Waals surface area contributed by atoms with Gasteiger partial charge in [0.25, 0.3) is 5.91 Å². The fraction of sp³-hybridized carbons (Fsp3) is 0.462. The highest BCUT2D eigenvalue weighted by molar-refractivity contribution is 5.93. The van der Waals surface area contributed by atoms with Gasteiger partial charge in [0.1, 0.15) is 23.8 Å². The molecule has 3 aromatic heterocycles. The number of aromatic amines is 1. The Morgan fingerprint density at radius 3 is 2.91 bits per heavy atom. The predicted octanol–water partition coefficient (Wildman–Crippen LogP) is 2.64. The second-order valence-electron chi connectivity index (χ2n) is 9.57. The molecule has 5 rings (SSSR count). The Bertz CT molecular complexity index is 1250. The highest BCUT2D eigenvalue weighted by Crippen LogP contribution is 2.45. The lowest BCUT2D eigenvalue weighted by molar-refractivity contribution is 0.0915. The van der Waals surface area contributed by atoms with Crippen LogP contribution in [-0.2, 0) is 0 Å². The van der Waals surface area contributed by atoms with E-state index in [1.54, 1.807) is 19.2 Å². The molecule has 2 aliphatic rings. The molecule has 9 heteroatoms. The Hall–Kier alpha value is -3.64. The number of nitrogens with zero attached hydrogens (tertiary/aromatic N) is 4. The molecule has 4 heterocycles. The quantitative estimate of drug-likeness (QED) is 0.430. The van der Waals surface area contributed by atoms with E-state index in [0.29, 0.717) is 18.3 Å². The van der Waals surface area contributed by atoms with E-state index in [-0.39, 0.29) is 35.7 Å². The molecule has 2 fully saturated rings. The van der Waals surface area contributed by atoms with E-state index < -0.39 is 0 Å². The van der Waals surface area contributed by atoms with Crippen molar-refractivity contribution in [3.05, 3.63) is 41.9 Å². The summed E-state index contributed by atoms with van der Waals surface area (Å²) in [5.41, 5.74) is 2.16. The first-order chi connectivity index (χ1) is 17.0. The molecular weight excluding hydrogens is 444 g/mol. The SMILES string of the molecule is C#CC1(COc2nc(C(=O)N[C@H](C)CO)cc(N3CCC(c4c[nH]c5ncccc45)CC3)n2)CC1. The van der Waals surface area contributed by atoms with Crippen LogP contribution >= 0.6 is 0 Å². The van der Waals surface area contributed by atoms with Gasteiger partial charge in [0.15, 0.2) is 0 Å². The third kappa shape index (κ3) is 4.93. The van der Waals surface area contributed by atoms with Crippen molar-refractivity contribution >= 4 is 22.8 Å². The fourth-order valence-electron chi connectivity index (χ4n) is 4.52. The van der Waals surface area contributed by atoms with Crippen LogP contribution < -0.4 is 15.0 Å². The van der Waals surface area contributed by atoms with E-state index in [1.165, 1.54) is 10.9 Å². The van der Waals surface area contributed by atoms with Crippen LogP contribution in [0.25, 0.3) is 11.0 Å². The average molecular weight is 475 g/mol. The number of ether oxygens (including phenoxy) is 1. The minimum absolute atomic E-state index is 0.149. The zero-order chi connectivity index (χ0) is 24.4. The van der Waals surface area contributed by atoms with E-state index in [2.05, 4.69) is 48.3 Å². The number of nitrogens with one attached hydrogen (secondary N) is 2. The maximum atomic E-state index is 12.8. The Morgan fingerprint density at radius 2 is 2.20 bits per heavy atom. The van der Waals surface area contributed by atoms with Gasteiger partial charge in [-0.2, -0.15) is 9.97 Å². The van der Waals surface area contributed by atoms with E-state index in [1.807, 2.05) is 6.07 Å². The number of terminal acetylenes is 1.